The van der Waals surface area contributed by atoms with Crippen molar-refractivity contribution in [1.82, 2.24) is 5.32 Å². The van der Waals surface area contributed by atoms with Crippen molar-refractivity contribution >= 4 is 27.3 Å². The van der Waals surface area contributed by atoms with E-state index in [0.717, 1.165) is 6.26 Å². The van der Waals surface area contributed by atoms with Crippen molar-refractivity contribution in [2.45, 2.75) is 13.0 Å². The normalized spacial score (nSPS) is 12.1. The first-order valence-corrected chi connectivity index (χ1v) is 8.47. The van der Waals surface area contributed by atoms with Gasteiger partial charge >= 0.3 is 0 Å². The number of nitrogens with one attached hydrogen (secondary N) is 3. The first kappa shape index (κ1) is 17.8. The Kier molecular flexibility index (Phi) is 6.24. The second-order valence-electron chi connectivity index (χ2n) is 4.69. The summed E-state index contributed by atoms with van der Waals surface area (Å²) in [6.07, 6.45) is 2.64. The van der Waals surface area contributed by atoms with Gasteiger partial charge in [-0.15, -0.1) is 6.58 Å². The van der Waals surface area contributed by atoms with E-state index in [-0.39, 0.29) is 5.91 Å². The molecule has 0 heterocycles. The molecule has 7 nitrogen and oxygen atoms in total. The van der Waals surface area contributed by atoms with E-state index in [0.29, 0.717) is 23.7 Å². The molecule has 0 radical (unpaired) electrons. The molecule has 0 saturated heterocycles. The fraction of sp³-hybridized carbons (Fsp3) is 0.357. The van der Waals surface area contributed by atoms with Crippen molar-refractivity contribution in [2.24, 2.45) is 0 Å². The standard InChI is InChI=1S/C14H21N3O4S/c1-5-8-15-14(18)10(2)16-11-6-7-13(21-3)12(9-11)17-22(4,19)20/h5-7,9-10,16-17H,1,8H2,2-4H3,(H,15,18). The molecule has 0 fully saturated rings. The van der Waals surface area contributed by atoms with Crippen molar-refractivity contribution in [3.05, 3.63) is 30.9 Å². The van der Waals surface area contributed by atoms with Crippen LogP contribution in [-0.4, -0.2) is 40.3 Å². The highest BCUT2D eigenvalue weighted by atomic mass is 32.2. The van der Waals surface area contributed by atoms with Crippen molar-refractivity contribution in [2.75, 3.05) is 29.9 Å². The number of carbonyl (C=O) groups is 1. The van der Waals surface area contributed by atoms with E-state index in [4.69, 9.17) is 4.74 Å². The van der Waals surface area contributed by atoms with Crippen LogP contribution in [0.4, 0.5) is 11.4 Å². The summed E-state index contributed by atoms with van der Waals surface area (Å²) in [5.74, 6) is 0.202. The summed E-state index contributed by atoms with van der Waals surface area (Å²) >= 11 is 0. The zero-order chi connectivity index (χ0) is 16.8. The Morgan fingerprint density at radius 2 is 2.14 bits per heavy atom. The number of rotatable bonds is 8. The second kappa shape index (κ2) is 7.69. The molecule has 1 atom stereocenters. The number of methoxy groups -OCH3 is 1. The number of sulfonamides is 1. The maximum atomic E-state index is 11.8. The molecule has 0 aliphatic heterocycles. The summed E-state index contributed by atoms with van der Waals surface area (Å²) in [5, 5.41) is 5.66. The molecule has 1 unspecified atom stereocenters. The quantitative estimate of drug-likeness (QED) is 0.623. The Hall–Kier alpha value is -2.22. The minimum Gasteiger partial charge on any atom is -0.495 e. The largest absolute Gasteiger partial charge is 0.495 e. The zero-order valence-corrected chi connectivity index (χ0v) is 13.7. The van der Waals surface area contributed by atoms with Gasteiger partial charge in [0.05, 0.1) is 19.1 Å². The summed E-state index contributed by atoms with van der Waals surface area (Å²) in [5.41, 5.74) is 0.891. The number of amides is 1. The van der Waals surface area contributed by atoms with Gasteiger partial charge in [0.15, 0.2) is 0 Å². The molecule has 1 aromatic rings. The van der Waals surface area contributed by atoms with Gasteiger partial charge < -0.3 is 15.4 Å². The first-order valence-electron chi connectivity index (χ1n) is 6.57. The third kappa shape index (κ3) is 5.65. The van der Waals surface area contributed by atoms with E-state index in [9.17, 15) is 13.2 Å². The van der Waals surface area contributed by atoms with E-state index in [2.05, 4.69) is 21.9 Å². The third-order valence-corrected chi connectivity index (χ3v) is 3.28. The molecule has 0 spiro atoms. The lowest BCUT2D eigenvalue weighted by Crippen LogP contribution is -2.37. The SMILES string of the molecule is C=CCNC(=O)C(C)Nc1ccc(OC)c(NS(C)(=O)=O)c1. The van der Waals surface area contributed by atoms with Gasteiger partial charge in [-0.3, -0.25) is 9.52 Å². The Balaban J connectivity index is 2.90. The highest BCUT2D eigenvalue weighted by molar-refractivity contribution is 7.92. The van der Waals surface area contributed by atoms with E-state index in [1.807, 2.05) is 0 Å². The highest BCUT2D eigenvalue weighted by Crippen LogP contribution is 2.28. The van der Waals surface area contributed by atoms with E-state index in [1.54, 1.807) is 31.2 Å². The minimum absolute atomic E-state index is 0.187. The number of carbonyl (C=O) groups excluding carboxylic acids is 1. The van der Waals surface area contributed by atoms with Crippen LogP contribution >= 0.6 is 0 Å². The van der Waals surface area contributed by atoms with Crippen LogP contribution in [0.25, 0.3) is 0 Å². The Labute approximate surface area is 130 Å². The van der Waals surface area contributed by atoms with E-state index >= 15 is 0 Å². The average molecular weight is 327 g/mol. The maximum absolute atomic E-state index is 11.8. The lowest BCUT2D eigenvalue weighted by molar-refractivity contribution is -0.121. The smallest absolute Gasteiger partial charge is 0.242 e. The van der Waals surface area contributed by atoms with E-state index in [1.165, 1.54) is 7.11 Å². The predicted molar refractivity (Wildman–Crippen MR) is 87.8 cm³/mol. The van der Waals surface area contributed by atoms with Gasteiger partial charge in [-0.1, -0.05) is 6.08 Å². The van der Waals surface area contributed by atoms with Crippen molar-refractivity contribution in [1.29, 1.82) is 0 Å². The van der Waals surface area contributed by atoms with Crippen LogP contribution in [0.3, 0.4) is 0 Å². The monoisotopic (exact) mass is 327 g/mol. The molecule has 22 heavy (non-hydrogen) atoms. The van der Waals surface area contributed by atoms with Crippen LogP contribution in [-0.2, 0) is 14.8 Å². The number of ether oxygens (including phenoxy) is 1. The molecule has 1 amide bonds. The number of benzene rings is 1. The second-order valence-corrected chi connectivity index (χ2v) is 6.44. The van der Waals surface area contributed by atoms with Gasteiger partial charge in [-0.25, -0.2) is 8.42 Å². The molecule has 0 aromatic heterocycles. The molecular weight excluding hydrogens is 306 g/mol. The fourth-order valence-corrected chi connectivity index (χ4v) is 2.28. The van der Waals surface area contributed by atoms with Gasteiger partial charge in [0.1, 0.15) is 11.8 Å². The molecule has 0 aliphatic carbocycles. The van der Waals surface area contributed by atoms with Crippen LogP contribution in [0.5, 0.6) is 5.75 Å². The topological polar surface area (TPSA) is 96.5 Å². The van der Waals surface area contributed by atoms with Crippen molar-refractivity contribution in [3.63, 3.8) is 0 Å². The number of hydrogen-bond donors (Lipinski definition) is 3. The maximum Gasteiger partial charge on any atom is 0.242 e. The molecule has 1 aromatic carbocycles. The predicted octanol–water partition coefficient (Wildman–Crippen LogP) is 1.17. The molecule has 0 bridgehead atoms. The third-order valence-electron chi connectivity index (χ3n) is 2.69. The van der Waals surface area contributed by atoms with Gasteiger partial charge in [0.2, 0.25) is 15.9 Å². The van der Waals surface area contributed by atoms with Crippen LogP contribution < -0.4 is 20.1 Å². The Morgan fingerprint density at radius 1 is 1.45 bits per heavy atom. The fourth-order valence-electron chi connectivity index (χ4n) is 1.72. The molecule has 1 rings (SSSR count). The molecular formula is C14H21N3O4S. The van der Waals surface area contributed by atoms with Gasteiger partial charge in [-0.2, -0.15) is 0 Å². The highest BCUT2D eigenvalue weighted by Gasteiger charge is 2.14. The summed E-state index contributed by atoms with van der Waals surface area (Å²) in [7, 11) is -1.99. The molecule has 122 valence electrons. The molecule has 0 saturated carbocycles. The van der Waals surface area contributed by atoms with Crippen LogP contribution in [0, 0.1) is 0 Å². The van der Waals surface area contributed by atoms with Crippen LogP contribution in [0.15, 0.2) is 30.9 Å². The molecule has 3 N–H and O–H groups in total. The zero-order valence-electron chi connectivity index (χ0n) is 12.8. The summed E-state index contributed by atoms with van der Waals surface area (Å²) in [4.78, 5) is 11.8. The number of hydrogen-bond acceptors (Lipinski definition) is 5. The minimum atomic E-state index is -3.43. The van der Waals surface area contributed by atoms with Gasteiger partial charge in [-0.05, 0) is 25.1 Å². The average Bonchev–Trinajstić information content (AvgIpc) is 2.43. The number of anilines is 2. The van der Waals surface area contributed by atoms with E-state index < -0.39 is 16.1 Å². The lowest BCUT2D eigenvalue weighted by atomic mass is 10.2. The van der Waals surface area contributed by atoms with Gasteiger partial charge in [0.25, 0.3) is 0 Å². The summed E-state index contributed by atoms with van der Waals surface area (Å²) in [6.45, 7) is 5.61. The summed E-state index contributed by atoms with van der Waals surface area (Å²) in [6, 6.07) is 4.39. The first-order chi connectivity index (χ1) is 10.3. The summed E-state index contributed by atoms with van der Waals surface area (Å²) < 4.78 is 30.2. The van der Waals surface area contributed by atoms with Crippen LogP contribution in [0.1, 0.15) is 6.92 Å². The van der Waals surface area contributed by atoms with Gasteiger partial charge in [0, 0.05) is 12.2 Å². The molecule has 0 aliphatic rings. The Morgan fingerprint density at radius 3 is 2.68 bits per heavy atom. The lowest BCUT2D eigenvalue weighted by Gasteiger charge is -2.17. The Bertz CT molecular complexity index is 643. The molecule has 8 heteroatoms. The van der Waals surface area contributed by atoms with Crippen LogP contribution in [0.2, 0.25) is 0 Å². The van der Waals surface area contributed by atoms with Crippen molar-refractivity contribution < 1.29 is 17.9 Å². The van der Waals surface area contributed by atoms with Crippen molar-refractivity contribution in [3.8, 4) is 5.75 Å².